The zero-order valence-corrected chi connectivity index (χ0v) is 80.8. The summed E-state index contributed by atoms with van der Waals surface area (Å²) in [6, 6.07) is 42.3. The molecule has 706 valence electrons. The van der Waals surface area contributed by atoms with Gasteiger partial charge in [-0.2, -0.15) is 0 Å². The largest absolute Gasteiger partial charge is 0.495 e. The molecule has 0 aliphatic carbocycles. The molecule has 0 saturated heterocycles. The van der Waals surface area contributed by atoms with Gasteiger partial charge in [0, 0.05) is 36.6 Å². The van der Waals surface area contributed by atoms with Crippen molar-refractivity contribution in [3.8, 4) is 46.7 Å². The van der Waals surface area contributed by atoms with Gasteiger partial charge in [0.25, 0.3) is 0 Å². The second kappa shape index (κ2) is 43.1. The normalized spacial score (nSPS) is 12.5. The lowest BCUT2D eigenvalue weighted by atomic mass is 9.69. The standard InChI is InChI=1S/C98H124N14O20/c1-89(2,3)125-81(113)105-77(106-82(114)126-90(4,5)6)101-69-55-63(41-45-73(69)121-27)97(61-33-31-35-67(53-61)99-25,64-42-46-74(122-28)70(56-64)102-78(107-83(115)127-91(7,8)9)108-84(116)128-92(10,11)12)51-49-59-37-39-60(40-38-59)50-52-98(62-34-32-36-68(54-62)100-26,65-43-47-75(123-29)71(57-65)103-79(109-85(117)129-93(13,14)15)110-86(118)130-94(16,17)18)66-44-48-76(124-30)72(58-66)104-80(111-87(119)131-95(19,20)21)112-88(120)132-96(22,23)24/h31-48,53-58,99-100H,1-30H3,(H2,101,105,106,113,114)(H2,102,107,108,115,116)(H2,103,109,110,117,118)(H2,104,111,112,119,120). The highest BCUT2D eigenvalue weighted by molar-refractivity contribution is 6.10. The third-order valence-electron chi connectivity index (χ3n) is 17.2. The summed E-state index contributed by atoms with van der Waals surface area (Å²) < 4.78 is 69.2. The topological polar surface area (TPSA) is 417 Å². The van der Waals surface area contributed by atoms with Crippen LogP contribution in [0.2, 0.25) is 0 Å². The van der Waals surface area contributed by atoms with Gasteiger partial charge in [0.2, 0.25) is 23.8 Å². The average molecular weight is 1820 g/mol. The van der Waals surface area contributed by atoms with Crippen molar-refractivity contribution >= 4 is 107 Å². The minimum Gasteiger partial charge on any atom is -0.495 e. The van der Waals surface area contributed by atoms with E-state index in [0.717, 1.165) is 0 Å². The Morgan fingerprint density at radius 3 is 0.659 bits per heavy atom. The van der Waals surface area contributed by atoms with Gasteiger partial charge in [0.05, 0.1) is 51.2 Å². The molecule has 0 spiro atoms. The monoisotopic (exact) mass is 1820 g/mol. The third-order valence-corrected chi connectivity index (χ3v) is 17.2. The Labute approximate surface area is 772 Å². The number of methoxy groups -OCH3 is 4. The van der Waals surface area contributed by atoms with E-state index in [1.165, 1.54) is 28.4 Å². The SMILES string of the molecule is CNc1cccc(C(C#Cc2ccc(C#CC(c3cccc(NC)c3)(c3ccc(OC)c(N/C(=N\C(=O)OC(C)(C)C)NC(=O)OC(C)(C)C)c3)c3ccc(OC)c(N/C(=N\C(=O)OC(C)(C)C)NC(=O)OC(C)(C)C)c3)cc2)(c2ccc(OC)c(N/C(=N/C(=O)OC(C)(C)C)NC(=O)OC(C)(C)C)c2)c2ccc(OC)c(N/C(=N/C(=O)OC(C)(C)C)NC(=O)OC(C)(C)C)c2)c1. The Morgan fingerprint density at radius 1 is 0.265 bits per heavy atom. The molecule has 0 bridgehead atoms. The summed E-state index contributed by atoms with van der Waals surface area (Å²) >= 11 is 0. The minimum atomic E-state index is -1.71. The van der Waals surface area contributed by atoms with E-state index in [9.17, 15) is 38.4 Å². The number of alkyl carbamates (subject to hydrolysis) is 4. The molecule has 7 rings (SSSR count). The molecular formula is C98H124N14O20. The number of nitrogens with one attached hydrogen (secondary N) is 10. The number of hydrogen-bond acceptors (Lipinski definition) is 22. The first-order chi connectivity index (χ1) is 61.2. The van der Waals surface area contributed by atoms with Crippen LogP contribution in [-0.4, -0.2) is 160 Å². The Hall–Kier alpha value is -14.7. The van der Waals surface area contributed by atoms with E-state index in [1.807, 2.05) is 48.5 Å². The summed E-state index contributed by atoms with van der Waals surface area (Å²) in [5.74, 6) is 13.4. The van der Waals surface area contributed by atoms with Crippen molar-refractivity contribution in [2.75, 3.05) is 74.4 Å². The number of nitrogens with zero attached hydrogens (tertiary/aromatic N) is 4. The molecule has 0 fully saturated rings. The van der Waals surface area contributed by atoms with Gasteiger partial charge in [-0.1, -0.05) is 72.2 Å². The van der Waals surface area contributed by atoms with Crippen LogP contribution in [0.25, 0.3) is 0 Å². The van der Waals surface area contributed by atoms with Crippen molar-refractivity contribution in [2.45, 2.75) is 222 Å². The van der Waals surface area contributed by atoms with Crippen LogP contribution in [0.4, 0.5) is 72.5 Å². The highest BCUT2D eigenvalue weighted by atomic mass is 16.6. The molecule has 10 N–H and O–H groups in total. The number of carbonyl (C=O) groups excluding carboxylic acids is 8. The minimum absolute atomic E-state index is 0.129. The van der Waals surface area contributed by atoms with E-state index in [2.05, 4.69) is 96.8 Å². The molecule has 34 nitrogen and oxygen atoms in total. The van der Waals surface area contributed by atoms with E-state index in [4.69, 9.17) is 56.8 Å². The second-order valence-electron chi connectivity index (χ2n) is 37.7. The lowest BCUT2D eigenvalue weighted by Crippen LogP contribution is -2.41. The number of rotatable bonds is 16. The molecule has 7 aromatic rings. The van der Waals surface area contributed by atoms with Crippen LogP contribution in [0.15, 0.2) is 166 Å². The van der Waals surface area contributed by atoms with Crippen molar-refractivity contribution in [1.29, 1.82) is 0 Å². The van der Waals surface area contributed by atoms with E-state index in [1.54, 1.807) is 277 Å². The summed E-state index contributed by atoms with van der Waals surface area (Å²) in [5.41, 5.74) is -6.24. The number of amides is 8. The van der Waals surface area contributed by atoms with Crippen LogP contribution in [-0.2, 0) is 48.7 Å². The van der Waals surface area contributed by atoms with Crippen LogP contribution in [0.5, 0.6) is 23.0 Å². The van der Waals surface area contributed by atoms with Crippen LogP contribution >= 0.6 is 0 Å². The Kier molecular flexibility index (Phi) is 34.1. The van der Waals surface area contributed by atoms with E-state index in [0.29, 0.717) is 55.9 Å². The molecule has 8 amide bonds. The van der Waals surface area contributed by atoms with Crippen LogP contribution < -0.4 is 72.1 Å². The zero-order chi connectivity index (χ0) is 98.5. The zero-order valence-electron chi connectivity index (χ0n) is 80.8. The van der Waals surface area contributed by atoms with Gasteiger partial charge >= 0.3 is 48.7 Å². The quantitative estimate of drug-likeness (QED) is 0.0141. The predicted molar refractivity (Wildman–Crippen MR) is 511 cm³/mol. The first-order valence-corrected chi connectivity index (χ1v) is 42.1. The molecule has 0 radical (unpaired) electrons. The Bertz CT molecular complexity index is 5050. The molecule has 0 aliphatic rings. The molecule has 0 aromatic heterocycles. The molecule has 0 atom stereocenters. The molecule has 7 aromatic carbocycles. The van der Waals surface area contributed by atoms with Crippen LogP contribution in [0.1, 0.15) is 211 Å². The first-order valence-electron chi connectivity index (χ1n) is 42.1. The fourth-order valence-electron chi connectivity index (χ4n) is 12.3. The second-order valence-corrected chi connectivity index (χ2v) is 37.7. The number of aliphatic imine (C=N–C) groups is 4. The molecule has 34 heteroatoms. The van der Waals surface area contributed by atoms with Crippen LogP contribution in [0.3, 0.4) is 0 Å². The summed E-state index contributed by atoms with van der Waals surface area (Å²) in [5, 5.41) is 29.2. The maximum absolute atomic E-state index is 13.8. The number of anilines is 6. The summed E-state index contributed by atoms with van der Waals surface area (Å²) in [6.45, 7) is 39.8. The van der Waals surface area contributed by atoms with Gasteiger partial charge in [-0.25, -0.2) is 38.4 Å². The molecule has 0 aliphatic heterocycles. The molecule has 0 saturated carbocycles. The smallest absolute Gasteiger partial charge is 0.437 e. The van der Waals surface area contributed by atoms with Gasteiger partial charge in [-0.05, 0) is 297 Å². The van der Waals surface area contributed by atoms with Crippen molar-refractivity contribution in [2.24, 2.45) is 20.0 Å². The van der Waals surface area contributed by atoms with E-state index in [-0.39, 0.29) is 45.7 Å². The molecule has 0 unspecified atom stereocenters. The first kappa shape index (κ1) is 104. The van der Waals surface area contributed by atoms with Crippen molar-refractivity contribution < 1.29 is 95.2 Å². The highest BCUT2D eigenvalue weighted by Gasteiger charge is 2.41. The van der Waals surface area contributed by atoms with Crippen LogP contribution in [0, 0.1) is 23.7 Å². The summed E-state index contributed by atoms with van der Waals surface area (Å²) in [4.78, 5) is 127. The lowest BCUT2D eigenvalue weighted by molar-refractivity contribution is 0.0545. The van der Waals surface area contributed by atoms with Crippen molar-refractivity contribution in [1.82, 2.24) is 21.3 Å². The average Bonchev–Trinajstić information content (AvgIpc) is 0.744. The maximum Gasteiger partial charge on any atom is 0.437 e. The van der Waals surface area contributed by atoms with Crippen molar-refractivity contribution in [3.63, 3.8) is 0 Å². The fourth-order valence-corrected chi connectivity index (χ4v) is 12.3. The number of benzene rings is 7. The molecule has 132 heavy (non-hydrogen) atoms. The van der Waals surface area contributed by atoms with E-state index >= 15 is 0 Å². The Morgan fingerprint density at radius 2 is 0.470 bits per heavy atom. The van der Waals surface area contributed by atoms with Gasteiger partial charge in [0.1, 0.15) is 78.6 Å². The maximum atomic E-state index is 13.8. The van der Waals surface area contributed by atoms with Gasteiger partial charge in [-0.15, -0.1) is 20.0 Å². The third kappa shape index (κ3) is 32.5. The molecule has 0 heterocycles. The van der Waals surface area contributed by atoms with Crippen molar-refractivity contribution in [3.05, 3.63) is 190 Å². The predicted octanol–water partition coefficient (Wildman–Crippen LogP) is 19.5. The highest BCUT2D eigenvalue weighted by Crippen LogP contribution is 2.47. The van der Waals surface area contributed by atoms with E-state index < -0.39 is 128 Å². The van der Waals surface area contributed by atoms with Gasteiger partial charge in [0.15, 0.2) is 0 Å². The summed E-state index contributed by atoms with van der Waals surface area (Å²) in [6.07, 6.45) is -8.21. The number of hydrogen-bond donors (Lipinski definition) is 10. The van der Waals surface area contributed by atoms with Gasteiger partial charge in [-0.3, -0.25) is 21.3 Å². The Balaban J connectivity index is 1.64. The number of carbonyl (C=O) groups is 8. The molecular weight excluding hydrogens is 1690 g/mol. The summed E-state index contributed by atoms with van der Waals surface area (Å²) in [7, 11) is 9.19. The number of guanidine groups is 4. The fraction of sp³-hybridized carbons (Fsp3) is 0.408. The van der Waals surface area contributed by atoms with Gasteiger partial charge < -0.3 is 88.7 Å². The number of ether oxygens (including phenoxy) is 12. The lowest BCUT2D eigenvalue weighted by Gasteiger charge is -2.33.